The van der Waals surface area contributed by atoms with Gasteiger partial charge < -0.3 is 14.2 Å². The van der Waals surface area contributed by atoms with E-state index in [0.717, 1.165) is 49.4 Å². The van der Waals surface area contributed by atoms with Crippen molar-refractivity contribution >= 4 is 14.2 Å². The zero-order valence-corrected chi connectivity index (χ0v) is 26.1. The average Bonchev–Trinajstić information content (AvgIpc) is 2.91. The second-order valence-corrected chi connectivity index (χ2v) is 19.4. The van der Waals surface area contributed by atoms with Crippen LogP contribution in [0, 0.1) is 5.41 Å². The number of methoxy groups -OCH3 is 3. The van der Waals surface area contributed by atoms with Crippen molar-refractivity contribution in [1.82, 2.24) is 0 Å². The van der Waals surface area contributed by atoms with Crippen LogP contribution in [0.1, 0.15) is 29.5 Å². The van der Waals surface area contributed by atoms with Crippen LogP contribution in [-0.4, -0.2) is 66.9 Å². The van der Waals surface area contributed by atoms with E-state index in [1.54, 1.807) is 21.3 Å². The van der Waals surface area contributed by atoms with Crippen molar-refractivity contribution in [2.24, 2.45) is 5.41 Å². The van der Waals surface area contributed by atoms with Crippen LogP contribution >= 0.6 is 6.83 Å². The van der Waals surface area contributed by atoms with Crippen LogP contribution in [0.4, 0.5) is 0 Å². The second-order valence-electron chi connectivity index (χ2n) is 12.4. The first-order valence-corrected chi connectivity index (χ1v) is 17.7. The first-order valence-electron chi connectivity index (χ1n) is 13.8. The van der Waals surface area contributed by atoms with Crippen molar-refractivity contribution in [1.29, 1.82) is 0 Å². The standard InChI is InChI=1S/C32H46BO6P/c1-35-29-15-9-26(10-16-29)23-32(24-27-11-17-30(36-2)18-12-27,25-28-13-19-31(37-3)20-14-28)21-8-22-38-33(34)39-40(4,5,6)7/h9-20,34H,8,21-25H2,1-7H3. The monoisotopic (exact) mass is 568 g/mol. The van der Waals surface area contributed by atoms with Crippen molar-refractivity contribution in [2.45, 2.75) is 32.1 Å². The molecule has 0 heterocycles. The molecule has 0 unspecified atom stereocenters. The molecule has 1 N–H and O–H groups in total. The Labute approximate surface area is 241 Å². The molecule has 0 saturated carbocycles. The Balaban J connectivity index is 1.89. The molecule has 3 aromatic rings. The maximum atomic E-state index is 10.4. The van der Waals surface area contributed by atoms with Crippen molar-refractivity contribution in [3.63, 3.8) is 0 Å². The van der Waals surface area contributed by atoms with Gasteiger partial charge in [-0.3, -0.25) is 0 Å². The fraction of sp³-hybridized carbons (Fsp3) is 0.438. The summed E-state index contributed by atoms with van der Waals surface area (Å²) < 4.78 is 27.8. The summed E-state index contributed by atoms with van der Waals surface area (Å²) in [6.45, 7) is 6.21. The van der Waals surface area contributed by atoms with Crippen LogP contribution in [0.3, 0.4) is 0 Å². The topological polar surface area (TPSA) is 66.4 Å². The average molecular weight is 569 g/mol. The van der Waals surface area contributed by atoms with Gasteiger partial charge in [0.1, 0.15) is 0 Å². The summed E-state index contributed by atoms with van der Waals surface area (Å²) in [5, 5.41) is 10.4. The molecule has 8 heteroatoms. The number of ether oxygens (including phenoxy) is 3. The predicted molar refractivity (Wildman–Crippen MR) is 167 cm³/mol. The molecule has 0 saturated heterocycles. The van der Waals surface area contributed by atoms with E-state index < -0.39 is 14.2 Å². The zero-order valence-electron chi connectivity index (χ0n) is 25.2. The molecule has 0 aliphatic heterocycles. The Morgan fingerprint density at radius 1 is 0.625 bits per heavy atom. The van der Waals surface area contributed by atoms with Gasteiger partial charge in [0.2, 0.25) is 0 Å². The molecular weight excluding hydrogens is 522 g/mol. The summed E-state index contributed by atoms with van der Waals surface area (Å²) in [6.07, 6.45) is 4.29. The quantitative estimate of drug-likeness (QED) is 0.121. The van der Waals surface area contributed by atoms with E-state index in [9.17, 15) is 5.02 Å². The number of hydrogen-bond donors (Lipinski definition) is 1. The number of hydrogen-bond acceptors (Lipinski definition) is 6. The van der Waals surface area contributed by atoms with Crippen molar-refractivity contribution < 1.29 is 28.3 Å². The van der Waals surface area contributed by atoms with Crippen LogP contribution < -0.4 is 14.2 Å². The van der Waals surface area contributed by atoms with Crippen LogP contribution in [0.25, 0.3) is 0 Å². The van der Waals surface area contributed by atoms with E-state index in [-0.39, 0.29) is 5.41 Å². The molecule has 0 fully saturated rings. The molecule has 3 aromatic carbocycles. The van der Waals surface area contributed by atoms with Gasteiger partial charge in [0.15, 0.2) is 0 Å². The van der Waals surface area contributed by atoms with Crippen molar-refractivity contribution in [2.75, 3.05) is 54.6 Å². The molecule has 0 atom stereocenters. The third kappa shape index (κ3) is 10.8. The van der Waals surface area contributed by atoms with Gasteiger partial charge in [0, 0.05) is 0 Å². The molecule has 0 aromatic heterocycles. The molecule has 0 aliphatic carbocycles. The van der Waals surface area contributed by atoms with E-state index in [1.807, 2.05) is 63.1 Å². The number of rotatable bonds is 16. The molecule has 0 bridgehead atoms. The third-order valence-electron chi connectivity index (χ3n) is 6.84. The third-order valence-corrected chi connectivity index (χ3v) is 7.86. The molecule has 0 aliphatic rings. The summed E-state index contributed by atoms with van der Waals surface area (Å²) in [5.74, 6) is 2.54. The minimum atomic E-state index is -2.37. The molecule has 6 nitrogen and oxygen atoms in total. The van der Waals surface area contributed by atoms with Crippen LogP contribution in [0.5, 0.6) is 17.2 Å². The normalized spacial score (nSPS) is 12.8. The van der Waals surface area contributed by atoms with Crippen LogP contribution in [-0.2, 0) is 28.4 Å². The van der Waals surface area contributed by atoms with Gasteiger partial charge in [-0.2, -0.15) is 0 Å². The van der Waals surface area contributed by atoms with Crippen molar-refractivity contribution in [3.05, 3.63) is 89.5 Å². The first-order chi connectivity index (χ1) is 18.9. The molecular formula is C32H46BO6P. The van der Waals surface area contributed by atoms with Crippen LogP contribution in [0.15, 0.2) is 72.8 Å². The van der Waals surface area contributed by atoms with Gasteiger partial charge in [-0.1, -0.05) is 0 Å². The van der Waals surface area contributed by atoms with Gasteiger partial charge in [-0.25, -0.2) is 0 Å². The first kappa shape index (κ1) is 32.0. The Morgan fingerprint density at radius 2 is 0.975 bits per heavy atom. The van der Waals surface area contributed by atoms with E-state index >= 15 is 0 Å². The predicted octanol–water partition coefficient (Wildman–Crippen LogP) is 6.50. The Morgan fingerprint density at radius 3 is 1.27 bits per heavy atom. The summed E-state index contributed by atoms with van der Waals surface area (Å²) >= 11 is 0. The molecule has 0 spiro atoms. The Bertz CT molecular complexity index is 1040. The molecule has 0 amide bonds. The van der Waals surface area contributed by atoms with Crippen LogP contribution in [0.2, 0.25) is 0 Å². The van der Waals surface area contributed by atoms with Gasteiger partial charge in [0.05, 0.1) is 21.3 Å². The fourth-order valence-electron chi connectivity index (χ4n) is 5.00. The van der Waals surface area contributed by atoms with Gasteiger partial charge in [-0.15, -0.1) is 0 Å². The Kier molecular flexibility index (Phi) is 11.1. The van der Waals surface area contributed by atoms with E-state index in [2.05, 4.69) is 36.4 Å². The summed E-state index contributed by atoms with van der Waals surface area (Å²) in [7, 11) is 3.84. The van der Waals surface area contributed by atoms with Gasteiger partial charge in [0.25, 0.3) is 0 Å². The second kappa shape index (κ2) is 13.9. The zero-order chi connectivity index (χ0) is 29.3. The van der Waals surface area contributed by atoms with Gasteiger partial charge in [-0.05, 0) is 0 Å². The van der Waals surface area contributed by atoms with E-state index in [1.165, 1.54) is 16.7 Å². The number of benzene rings is 3. The summed E-state index contributed by atoms with van der Waals surface area (Å²) in [6, 6.07) is 25.0. The molecule has 218 valence electrons. The Hall–Kier alpha value is -2.57. The minimum absolute atomic E-state index is 0.114. The summed E-state index contributed by atoms with van der Waals surface area (Å²) in [4.78, 5) is 0. The van der Waals surface area contributed by atoms with Crippen molar-refractivity contribution in [3.8, 4) is 17.2 Å². The molecule has 0 radical (unpaired) electrons. The maximum absolute atomic E-state index is 10.4. The SMILES string of the molecule is COc1ccc(CC(CCCOB(O)OP(C)(C)(C)C)(Cc2ccc(OC)cc2)Cc2ccc(OC)cc2)cc1. The molecule has 3 rings (SSSR count). The van der Waals surface area contributed by atoms with E-state index in [4.69, 9.17) is 23.3 Å². The van der Waals surface area contributed by atoms with Gasteiger partial charge >= 0.3 is 206 Å². The fourth-order valence-corrected chi connectivity index (χ4v) is 5.79. The van der Waals surface area contributed by atoms with E-state index in [0.29, 0.717) is 6.61 Å². The molecule has 40 heavy (non-hydrogen) atoms. The summed E-state index contributed by atoms with van der Waals surface area (Å²) in [5.41, 5.74) is 3.63.